The Bertz CT molecular complexity index is 777. The Morgan fingerprint density at radius 2 is 2.11 bits per heavy atom. The summed E-state index contributed by atoms with van der Waals surface area (Å²) in [6.45, 7) is 7.20. The Balaban J connectivity index is 1.46. The van der Waals surface area contributed by atoms with Crippen molar-refractivity contribution in [1.29, 1.82) is 0 Å². The molecule has 0 bridgehead atoms. The van der Waals surface area contributed by atoms with Crippen molar-refractivity contribution in [1.82, 2.24) is 24.7 Å². The number of hydrogen-bond donors (Lipinski definition) is 1. The minimum absolute atomic E-state index is 0.224. The van der Waals surface area contributed by atoms with Crippen molar-refractivity contribution in [3.05, 3.63) is 24.5 Å². The molecule has 152 valence electrons. The lowest BCUT2D eigenvalue weighted by molar-refractivity contribution is -0.0203. The summed E-state index contributed by atoms with van der Waals surface area (Å²) in [6.07, 6.45) is 8.12. The van der Waals surface area contributed by atoms with E-state index in [0.29, 0.717) is 17.9 Å². The molecule has 2 fully saturated rings. The molecule has 1 N–H and O–H groups in total. The van der Waals surface area contributed by atoms with E-state index in [9.17, 15) is 0 Å². The van der Waals surface area contributed by atoms with Crippen LogP contribution in [-0.4, -0.2) is 56.6 Å². The number of piperidine rings is 1. The molecule has 2 saturated heterocycles. The Morgan fingerprint density at radius 3 is 2.89 bits per heavy atom. The number of aromatic nitrogens is 5. The normalized spacial score (nSPS) is 25.9. The Kier molecular flexibility index (Phi) is 5.75. The maximum Gasteiger partial charge on any atom is 0.137 e. The second-order valence-electron chi connectivity index (χ2n) is 8.32. The van der Waals surface area contributed by atoms with E-state index in [1.165, 1.54) is 0 Å². The van der Waals surface area contributed by atoms with Crippen LogP contribution >= 0.6 is 0 Å². The van der Waals surface area contributed by atoms with Gasteiger partial charge in [-0.25, -0.2) is 9.97 Å². The highest BCUT2D eigenvalue weighted by Crippen LogP contribution is 2.29. The molecule has 0 unspecified atom stereocenters. The molecule has 3 atom stereocenters. The monoisotopic (exact) mass is 385 g/mol. The van der Waals surface area contributed by atoms with E-state index >= 15 is 0 Å². The summed E-state index contributed by atoms with van der Waals surface area (Å²) in [4.78, 5) is 11.4. The van der Waals surface area contributed by atoms with Gasteiger partial charge in [0.05, 0.1) is 12.1 Å². The molecule has 2 aliphatic heterocycles. The molecule has 4 rings (SSSR count). The van der Waals surface area contributed by atoms with Gasteiger partial charge in [0.1, 0.15) is 30.1 Å². The average molecular weight is 386 g/mol. The first-order chi connectivity index (χ1) is 13.6. The van der Waals surface area contributed by atoms with Crippen LogP contribution in [0.25, 0.3) is 0 Å². The van der Waals surface area contributed by atoms with Crippen molar-refractivity contribution in [2.45, 2.75) is 57.6 Å². The molecule has 2 aromatic heterocycles. The van der Waals surface area contributed by atoms with Crippen LogP contribution in [0.1, 0.15) is 51.3 Å². The highest BCUT2D eigenvalue weighted by Gasteiger charge is 2.29. The fourth-order valence-electron chi connectivity index (χ4n) is 4.46. The van der Waals surface area contributed by atoms with Crippen LogP contribution in [0.4, 0.5) is 11.6 Å². The lowest BCUT2D eigenvalue weighted by Crippen LogP contribution is -2.43. The molecule has 0 aliphatic carbocycles. The first-order valence-electron chi connectivity index (χ1n) is 10.4. The zero-order valence-corrected chi connectivity index (χ0v) is 17.1. The summed E-state index contributed by atoms with van der Waals surface area (Å²) in [6, 6.07) is 2.37. The zero-order chi connectivity index (χ0) is 19.5. The number of ether oxygens (including phenoxy) is 1. The van der Waals surface area contributed by atoms with Crippen LogP contribution in [0.2, 0.25) is 0 Å². The standard InChI is InChI=1S/C20H31N7O/c1-14(2)19-16(7-5-9-28-19)24-17-10-18(22-12-21-17)27-8-4-6-15(11-27)20-25-23-13-26(20)3/h10,12-16,19H,4-9,11H2,1-3H3,(H,21,22,24)/t15-,16-,19-/m0/s1. The Morgan fingerprint density at radius 1 is 1.21 bits per heavy atom. The fraction of sp³-hybridized carbons (Fsp3) is 0.700. The Labute approximate surface area is 166 Å². The predicted molar refractivity (Wildman–Crippen MR) is 108 cm³/mol. The van der Waals surface area contributed by atoms with Crippen molar-refractivity contribution < 1.29 is 4.74 Å². The van der Waals surface area contributed by atoms with Crippen molar-refractivity contribution in [3.8, 4) is 0 Å². The van der Waals surface area contributed by atoms with Gasteiger partial charge in [-0.05, 0) is 31.6 Å². The maximum absolute atomic E-state index is 6.01. The van der Waals surface area contributed by atoms with E-state index < -0.39 is 0 Å². The maximum atomic E-state index is 6.01. The van der Waals surface area contributed by atoms with Crippen molar-refractivity contribution in [3.63, 3.8) is 0 Å². The third-order valence-corrected chi connectivity index (χ3v) is 5.87. The average Bonchev–Trinajstić information content (AvgIpc) is 3.14. The number of aryl methyl sites for hydroxylation is 1. The highest BCUT2D eigenvalue weighted by atomic mass is 16.5. The van der Waals surface area contributed by atoms with Gasteiger partial charge in [0.15, 0.2) is 0 Å². The summed E-state index contributed by atoms with van der Waals surface area (Å²) in [7, 11) is 2.01. The molecule has 8 nitrogen and oxygen atoms in total. The largest absolute Gasteiger partial charge is 0.376 e. The summed E-state index contributed by atoms with van der Waals surface area (Å²) in [5.41, 5.74) is 0. The molecule has 0 amide bonds. The molecule has 0 spiro atoms. The molecule has 0 saturated carbocycles. The van der Waals surface area contributed by atoms with Crippen LogP contribution in [0.3, 0.4) is 0 Å². The first kappa shape index (κ1) is 19.1. The Hall–Kier alpha value is -2.22. The minimum atomic E-state index is 0.224. The third-order valence-electron chi connectivity index (χ3n) is 5.87. The summed E-state index contributed by atoms with van der Waals surface area (Å²) < 4.78 is 8.03. The molecule has 28 heavy (non-hydrogen) atoms. The van der Waals surface area contributed by atoms with Crippen LogP contribution < -0.4 is 10.2 Å². The lowest BCUT2D eigenvalue weighted by atomic mass is 9.93. The van der Waals surface area contributed by atoms with E-state index in [2.05, 4.69) is 50.3 Å². The molecular formula is C20H31N7O. The highest BCUT2D eigenvalue weighted by molar-refractivity contribution is 5.49. The van der Waals surface area contributed by atoms with Crippen LogP contribution in [0.5, 0.6) is 0 Å². The van der Waals surface area contributed by atoms with Crippen molar-refractivity contribution >= 4 is 11.6 Å². The minimum Gasteiger partial charge on any atom is -0.376 e. The van der Waals surface area contributed by atoms with Gasteiger partial charge in [0, 0.05) is 38.7 Å². The van der Waals surface area contributed by atoms with Crippen molar-refractivity contribution in [2.75, 3.05) is 29.9 Å². The predicted octanol–water partition coefficient (Wildman–Crippen LogP) is 2.60. The van der Waals surface area contributed by atoms with E-state index in [1.54, 1.807) is 12.7 Å². The SMILES string of the molecule is CC(C)[C@@H]1OCCC[C@@H]1Nc1cc(N2CCC[C@H](c3nncn3C)C2)ncn1. The molecule has 2 aliphatic rings. The zero-order valence-electron chi connectivity index (χ0n) is 17.1. The van der Waals surface area contributed by atoms with Gasteiger partial charge in [-0.15, -0.1) is 10.2 Å². The first-order valence-corrected chi connectivity index (χ1v) is 10.4. The fourth-order valence-corrected chi connectivity index (χ4v) is 4.46. The van der Waals surface area contributed by atoms with E-state index in [-0.39, 0.29) is 6.10 Å². The van der Waals surface area contributed by atoms with Gasteiger partial charge in [-0.3, -0.25) is 0 Å². The van der Waals surface area contributed by atoms with Gasteiger partial charge >= 0.3 is 0 Å². The molecule has 0 radical (unpaired) electrons. The summed E-state index contributed by atoms with van der Waals surface area (Å²) >= 11 is 0. The topological polar surface area (TPSA) is 81.0 Å². The number of nitrogens with zero attached hydrogens (tertiary/aromatic N) is 6. The third kappa shape index (κ3) is 4.11. The molecule has 8 heteroatoms. The van der Waals surface area contributed by atoms with E-state index in [1.807, 2.05) is 11.6 Å². The smallest absolute Gasteiger partial charge is 0.137 e. The van der Waals surface area contributed by atoms with Crippen molar-refractivity contribution in [2.24, 2.45) is 13.0 Å². The quantitative estimate of drug-likeness (QED) is 0.847. The summed E-state index contributed by atoms with van der Waals surface area (Å²) in [5.74, 6) is 3.77. The molecule has 4 heterocycles. The molecule has 2 aromatic rings. The molecular weight excluding hydrogens is 354 g/mol. The van der Waals surface area contributed by atoms with Gasteiger partial charge in [0.2, 0.25) is 0 Å². The number of anilines is 2. The van der Waals surface area contributed by atoms with Gasteiger partial charge in [-0.1, -0.05) is 13.8 Å². The van der Waals surface area contributed by atoms with Crippen LogP contribution in [-0.2, 0) is 11.8 Å². The molecule has 0 aromatic carbocycles. The van der Waals surface area contributed by atoms with Gasteiger partial charge in [0.25, 0.3) is 0 Å². The van der Waals surface area contributed by atoms with E-state index in [0.717, 1.165) is 62.8 Å². The number of rotatable bonds is 5. The van der Waals surface area contributed by atoms with Crippen LogP contribution in [0, 0.1) is 5.92 Å². The lowest BCUT2D eigenvalue weighted by Gasteiger charge is -2.35. The van der Waals surface area contributed by atoms with Gasteiger partial charge in [-0.2, -0.15) is 0 Å². The second-order valence-corrected chi connectivity index (χ2v) is 8.32. The summed E-state index contributed by atoms with van der Waals surface area (Å²) in [5, 5.41) is 12.0. The van der Waals surface area contributed by atoms with E-state index in [4.69, 9.17) is 4.74 Å². The number of nitrogens with one attached hydrogen (secondary N) is 1. The number of hydrogen-bond acceptors (Lipinski definition) is 7. The second kappa shape index (κ2) is 8.43. The van der Waals surface area contributed by atoms with Gasteiger partial charge < -0.3 is 19.5 Å². The van der Waals surface area contributed by atoms with Crippen LogP contribution in [0.15, 0.2) is 18.7 Å².